The first-order valence-corrected chi connectivity index (χ1v) is 15.1. The fourth-order valence-electron chi connectivity index (χ4n) is 7.23. The maximum absolute atomic E-state index is 14.7. The van der Waals surface area contributed by atoms with Crippen LogP contribution in [0.4, 0.5) is 5.69 Å². The van der Waals surface area contributed by atoms with E-state index in [4.69, 9.17) is 14.2 Å². The maximum Gasteiger partial charge on any atom is 0.312 e. The van der Waals surface area contributed by atoms with Gasteiger partial charge in [-0.05, 0) is 75.6 Å². The van der Waals surface area contributed by atoms with Gasteiger partial charge in [-0.15, -0.1) is 13.2 Å². The van der Waals surface area contributed by atoms with E-state index in [1.54, 1.807) is 42.4 Å². The molecule has 2 amide bonds. The van der Waals surface area contributed by atoms with E-state index in [0.29, 0.717) is 37.1 Å². The highest BCUT2D eigenvalue weighted by Crippen LogP contribution is 2.64. The van der Waals surface area contributed by atoms with Crippen molar-refractivity contribution < 1.29 is 33.7 Å². The van der Waals surface area contributed by atoms with Crippen molar-refractivity contribution >= 4 is 23.5 Å². The van der Waals surface area contributed by atoms with Crippen LogP contribution in [0.2, 0.25) is 0 Å². The zero-order chi connectivity index (χ0) is 30.7. The molecule has 3 fully saturated rings. The number of aliphatic hydroxyl groups excluding tert-OH is 1. The number of aliphatic hydroxyl groups is 1. The lowest BCUT2D eigenvalue weighted by Gasteiger charge is -2.40. The summed E-state index contributed by atoms with van der Waals surface area (Å²) in [5, 5.41) is 10.5. The number of allylic oxidation sites excluding steroid dienone is 1. The number of rotatable bonds is 15. The third-order valence-electron chi connectivity index (χ3n) is 9.06. The Kier molecular flexibility index (Phi) is 9.83. The van der Waals surface area contributed by atoms with Crippen LogP contribution in [0.1, 0.15) is 59.3 Å². The number of unbranched alkanes of at least 4 members (excludes halogenated alkanes) is 2. The quantitative estimate of drug-likeness (QED) is 0.187. The number of hydrogen-bond acceptors (Lipinski definition) is 7. The highest BCUT2D eigenvalue weighted by atomic mass is 16.6. The molecule has 2 unspecified atom stereocenters. The van der Waals surface area contributed by atoms with Crippen molar-refractivity contribution in [3.63, 3.8) is 0 Å². The Morgan fingerprint density at radius 3 is 2.50 bits per heavy atom. The van der Waals surface area contributed by atoms with Gasteiger partial charge in [0.15, 0.2) is 0 Å². The number of carbonyl (C=O) groups excluding carboxylic acids is 3. The summed E-state index contributed by atoms with van der Waals surface area (Å²) in [5.74, 6) is -2.06. The van der Waals surface area contributed by atoms with Crippen LogP contribution in [0, 0.1) is 17.8 Å². The third kappa shape index (κ3) is 5.61. The SMILES string of the molecule is C=CCCCCOC(=O)[C@@H]1[C@H]2C(=O)N([C@@H](CO)CC(C)C)C(C(=O)N(CC=C)c3ccc(OC)cc3)C23CC[C@@]1(C)O3. The number of carbonyl (C=O) groups is 3. The highest BCUT2D eigenvalue weighted by molar-refractivity contribution is 6.05. The third-order valence-corrected chi connectivity index (χ3v) is 9.06. The van der Waals surface area contributed by atoms with Gasteiger partial charge in [-0.2, -0.15) is 0 Å². The minimum Gasteiger partial charge on any atom is -0.497 e. The van der Waals surface area contributed by atoms with Crippen LogP contribution < -0.4 is 9.64 Å². The molecular formula is C33H46N2O7. The van der Waals surface area contributed by atoms with E-state index in [2.05, 4.69) is 13.2 Å². The van der Waals surface area contributed by atoms with Crippen molar-refractivity contribution in [2.75, 3.05) is 31.8 Å². The predicted octanol–water partition coefficient (Wildman–Crippen LogP) is 4.29. The number of methoxy groups -OCH3 is 1. The van der Waals surface area contributed by atoms with Crippen LogP contribution in [0.25, 0.3) is 0 Å². The Morgan fingerprint density at radius 2 is 1.90 bits per heavy atom. The normalized spacial score (nSPS) is 28.5. The molecule has 0 aromatic heterocycles. The van der Waals surface area contributed by atoms with Gasteiger partial charge in [0, 0.05) is 12.2 Å². The van der Waals surface area contributed by atoms with Gasteiger partial charge in [0.1, 0.15) is 23.3 Å². The van der Waals surface area contributed by atoms with Crippen LogP contribution in [0.3, 0.4) is 0 Å². The zero-order valence-electron chi connectivity index (χ0n) is 25.4. The molecule has 1 aromatic rings. The van der Waals surface area contributed by atoms with Gasteiger partial charge in [0.2, 0.25) is 5.91 Å². The number of benzene rings is 1. The Labute approximate surface area is 249 Å². The van der Waals surface area contributed by atoms with Gasteiger partial charge < -0.3 is 29.1 Å². The molecule has 0 saturated carbocycles. The number of amides is 2. The van der Waals surface area contributed by atoms with Crippen LogP contribution in [0.5, 0.6) is 5.75 Å². The summed E-state index contributed by atoms with van der Waals surface area (Å²) < 4.78 is 17.7. The minimum absolute atomic E-state index is 0.153. The lowest BCUT2D eigenvalue weighted by molar-refractivity contribution is -0.160. The van der Waals surface area contributed by atoms with Gasteiger partial charge in [-0.1, -0.05) is 26.0 Å². The van der Waals surface area contributed by atoms with E-state index < -0.39 is 41.1 Å². The van der Waals surface area contributed by atoms with Gasteiger partial charge in [0.25, 0.3) is 5.91 Å². The van der Waals surface area contributed by atoms with Crippen LogP contribution >= 0.6 is 0 Å². The lowest BCUT2D eigenvalue weighted by Crippen LogP contribution is -2.59. The topological polar surface area (TPSA) is 106 Å². The molecule has 1 aromatic carbocycles. The fourth-order valence-corrected chi connectivity index (χ4v) is 7.23. The molecule has 230 valence electrons. The molecule has 2 bridgehead atoms. The van der Waals surface area contributed by atoms with Gasteiger partial charge >= 0.3 is 5.97 Å². The van der Waals surface area contributed by atoms with E-state index in [9.17, 15) is 19.5 Å². The summed E-state index contributed by atoms with van der Waals surface area (Å²) in [6.07, 6.45) is 7.30. The molecular weight excluding hydrogens is 536 g/mol. The average molecular weight is 583 g/mol. The number of fused-ring (bicyclic) bond motifs is 1. The first-order chi connectivity index (χ1) is 20.1. The summed E-state index contributed by atoms with van der Waals surface area (Å²) in [4.78, 5) is 45.9. The summed E-state index contributed by atoms with van der Waals surface area (Å²) in [6.45, 7) is 13.6. The van der Waals surface area contributed by atoms with E-state index in [0.717, 1.165) is 12.8 Å². The Morgan fingerprint density at radius 1 is 1.19 bits per heavy atom. The molecule has 4 rings (SSSR count). The monoisotopic (exact) mass is 582 g/mol. The Bertz CT molecular complexity index is 1170. The predicted molar refractivity (Wildman–Crippen MR) is 160 cm³/mol. The second-order valence-corrected chi connectivity index (χ2v) is 12.3. The van der Waals surface area contributed by atoms with Crippen molar-refractivity contribution in [1.29, 1.82) is 0 Å². The smallest absolute Gasteiger partial charge is 0.312 e. The molecule has 1 N–H and O–H groups in total. The molecule has 3 aliphatic rings. The van der Waals surface area contributed by atoms with E-state index in [-0.39, 0.29) is 37.5 Å². The number of likely N-dealkylation sites (tertiary alicyclic amines) is 1. The van der Waals surface area contributed by atoms with E-state index in [1.165, 1.54) is 4.90 Å². The summed E-state index contributed by atoms with van der Waals surface area (Å²) in [7, 11) is 1.57. The molecule has 9 heteroatoms. The van der Waals surface area contributed by atoms with Crippen molar-refractivity contribution in [1.82, 2.24) is 4.90 Å². The van der Waals surface area contributed by atoms with E-state index in [1.807, 2.05) is 26.8 Å². The Balaban J connectivity index is 1.75. The van der Waals surface area contributed by atoms with Gasteiger partial charge in [-0.25, -0.2) is 0 Å². The van der Waals surface area contributed by atoms with Crippen molar-refractivity contribution in [3.05, 3.63) is 49.6 Å². The molecule has 9 nitrogen and oxygen atoms in total. The van der Waals surface area contributed by atoms with Crippen LogP contribution in [-0.2, 0) is 23.9 Å². The average Bonchev–Trinajstić information content (AvgIpc) is 3.54. The molecule has 0 aliphatic carbocycles. The van der Waals surface area contributed by atoms with Crippen molar-refractivity contribution in [2.24, 2.45) is 17.8 Å². The summed E-state index contributed by atoms with van der Waals surface area (Å²) in [5.41, 5.74) is -1.53. The fraction of sp³-hybridized carbons (Fsp3) is 0.606. The van der Waals surface area contributed by atoms with Crippen molar-refractivity contribution in [2.45, 2.75) is 82.6 Å². The lowest BCUT2D eigenvalue weighted by atomic mass is 9.66. The highest BCUT2D eigenvalue weighted by Gasteiger charge is 2.79. The summed E-state index contributed by atoms with van der Waals surface area (Å²) >= 11 is 0. The first kappa shape index (κ1) is 31.8. The number of esters is 1. The Hall–Kier alpha value is -3.17. The van der Waals surface area contributed by atoms with Gasteiger partial charge in [0.05, 0.1) is 37.9 Å². The second kappa shape index (κ2) is 13.0. The summed E-state index contributed by atoms with van der Waals surface area (Å²) in [6, 6.07) is 5.47. The number of anilines is 1. The standard InChI is InChI=1S/C33H46N2O7/c1-7-9-10-11-19-41-31(39)27-26-29(37)35(24(21-36)20-22(3)4)28(33(26)17-16-32(27,5)42-33)30(38)34(18-8-2)23-12-14-25(40-6)15-13-23/h7-8,12-15,22,24,26-28,36H,1-2,9-11,16-21H2,3-6H3/t24-,26+,27+,28?,32-,33?/m1/s1. The molecule has 3 aliphatic heterocycles. The number of hydrogen-bond donors (Lipinski definition) is 1. The largest absolute Gasteiger partial charge is 0.497 e. The van der Waals surface area contributed by atoms with Crippen LogP contribution in [0.15, 0.2) is 49.6 Å². The second-order valence-electron chi connectivity index (χ2n) is 12.3. The molecule has 3 heterocycles. The number of nitrogens with zero attached hydrogens (tertiary/aromatic N) is 2. The molecule has 42 heavy (non-hydrogen) atoms. The molecule has 6 atom stereocenters. The van der Waals surface area contributed by atoms with Gasteiger partial charge in [-0.3, -0.25) is 14.4 Å². The molecule has 0 radical (unpaired) electrons. The minimum atomic E-state index is -1.22. The molecule has 3 saturated heterocycles. The van der Waals surface area contributed by atoms with Crippen LogP contribution in [-0.4, -0.2) is 77.9 Å². The number of ether oxygens (including phenoxy) is 3. The first-order valence-electron chi connectivity index (χ1n) is 15.1. The van der Waals surface area contributed by atoms with Crippen molar-refractivity contribution in [3.8, 4) is 5.75 Å². The van der Waals surface area contributed by atoms with E-state index >= 15 is 0 Å². The molecule has 1 spiro atoms. The maximum atomic E-state index is 14.7. The zero-order valence-corrected chi connectivity index (χ0v) is 25.4.